The summed E-state index contributed by atoms with van der Waals surface area (Å²) < 4.78 is 0. The van der Waals surface area contributed by atoms with E-state index in [4.69, 9.17) is 0 Å². The summed E-state index contributed by atoms with van der Waals surface area (Å²) >= 11 is 0. The molecule has 0 aromatic heterocycles. The van der Waals surface area contributed by atoms with E-state index in [2.05, 4.69) is 10.6 Å². The van der Waals surface area contributed by atoms with E-state index in [-0.39, 0.29) is 11.8 Å². The van der Waals surface area contributed by atoms with Crippen molar-refractivity contribution in [2.75, 3.05) is 12.4 Å². The molecule has 4 nitrogen and oxygen atoms in total. The van der Waals surface area contributed by atoms with Crippen molar-refractivity contribution in [3.63, 3.8) is 0 Å². The second-order valence-corrected chi connectivity index (χ2v) is 3.98. The van der Waals surface area contributed by atoms with Gasteiger partial charge in [0, 0.05) is 23.9 Å². The minimum Gasteiger partial charge on any atom is -0.355 e. The SMILES string of the molecule is CNC(=O)c1cccc(C(=O)Nc2ccccc2)c1. The Morgan fingerprint density at radius 1 is 0.842 bits per heavy atom. The van der Waals surface area contributed by atoms with Gasteiger partial charge >= 0.3 is 0 Å². The van der Waals surface area contributed by atoms with Crippen molar-refractivity contribution < 1.29 is 9.59 Å². The molecule has 2 aromatic rings. The Labute approximate surface area is 111 Å². The van der Waals surface area contributed by atoms with Gasteiger partial charge in [0.25, 0.3) is 11.8 Å². The van der Waals surface area contributed by atoms with Crippen LogP contribution in [0.25, 0.3) is 0 Å². The fourth-order valence-electron chi connectivity index (χ4n) is 1.67. The molecular formula is C15H14N2O2. The van der Waals surface area contributed by atoms with Crippen molar-refractivity contribution in [3.05, 3.63) is 65.7 Å². The third kappa shape index (κ3) is 3.19. The Bertz CT molecular complexity index is 594. The highest BCUT2D eigenvalue weighted by Crippen LogP contribution is 2.10. The van der Waals surface area contributed by atoms with Gasteiger partial charge in [0.15, 0.2) is 0 Å². The van der Waals surface area contributed by atoms with Gasteiger partial charge in [-0.15, -0.1) is 0 Å². The topological polar surface area (TPSA) is 58.2 Å². The van der Waals surface area contributed by atoms with Crippen molar-refractivity contribution in [1.29, 1.82) is 0 Å². The van der Waals surface area contributed by atoms with Crippen molar-refractivity contribution in [1.82, 2.24) is 5.32 Å². The molecule has 19 heavy (non-hydrogen) atoms. The Kier molecular flexibility index (Phi) is 3.93. The number of benzene rings is 2. The molecule has 0 radical (unpaired) electrons. The summed E-state index contributed by atoms with van der Waals surface area (Å²) in [6.45, 7) is 0. The zero-order valence-electron chi connectivity index (χ0n) is 10.5. The molecule has 4 heteroatoms. The average molecular weight is 254 g/mol. The number of carbonyl (C=O) groups excluding carboxylic acids is 2. The molecule has 0 unspecified atom stereocenters. The molecule has 0 aliphatic rings. The Morgan fingerprint density at radius 3 is 2.11 bits per heavy atom. The zero-order valence-corrected chi connectivity index (χ0v) is 10.5. The molecule has 0 atom stereocenters. The van der Waals surface area contributed by atoms with Gasteiger partial charge in [-0.25, -0.2) is 0 Å². The van der Waals surface area contributed by atoms with Crippen molar-refractivity contribution >= 4 is 17.5 Å². The molecule has 0 aliphatic carbocycles. The molecule has 0 bridgehead atoms. The molecule has 0 aliphatic heterocycles. The van der Waals surface area contributed by atoms with Crippen molar-refractivity contribution in [3.8, 4) is 0 Å². The van der Waals surface area contributed by atoms with Gasteiger partial charge in [0.2, 0.25) is 0 Å². The Morgan fingerprint density at radius 2 is 1.47 bits per heavy atom. The lowest BCUT2D eigenvalue weighted by Crippen LogP contribution is -2.19. The highest BCUT2D eigenvalue weighted by Gasteiger charge is 2.09. The van der Waals surface area contributed by atoms with E-state index >= 15 is 0 Å². The van der Waals surface area contributed by atoms with Crippen LogP contribution < -0.4 is 10.6 Å². The number of para-hydroxylation sites is 1. The van der Waals surface area contributed by atoms with Gasteiger partial charge in [0.05, 0.1) is 0 Å². The second kappa shape index (κ2) is 5.82. The van der Waals surface area contributed by atoms with E-state index in [0.29, 0.717) is 11.1 Å². The molecule has 2 rings (SSSR count). The number of hydrogen-bond donors (Lipinski definition) is 2. The fourth-order valence-corrected chi connectivity index (χ4v) is 1.67. The van der Waals surface area contributed by atoms with Crippen LogP contribution in [0.15, 0.2) is 54.6 Å². The lowest BCUT2D eigenvalue weighted by Gasteiger charge is -2.06. The molecule has 0 saturated carbocycles. The fraction of sp³-hybridized carbons (Fsp3) is 0.0667. The van der Waals surface area contributed by atoms with Crippen LogP contribution in [0.4, 0.5) is 5.69 Å². The standard InChI is InChI=1S/C15H14N2O2/c1-16-14(18)11-6-5-7-12(10-11)15(19)17-13-8-3-2-4-9-13/h2-10H,1H3,(H,16,18)(H,17,19). The van der Waals surface area contributed by atoms with Crippen LogP contribution in [-0.4, -0.2) is 18.9 Å². The number of rotatable bonds is 3. The van der Waals surface area contributed by atoms with Crippen LogP contribution in [0.2, 0.25) is 0 Å². The lowest BCUT2D eigenvalue weighted by molar-refractivity contribution is 0.0963. The van der Waals surface area contributed by atoms with E-state index in [1.165, 1.54) is 0 Å². The lowest BCUT2D eigenvalue weighted by atomic mass is 10.1. The molecule has 2 N–H and O–H groups in total. The first-order valence-electron chi connectivity index (χ1n) is 5.89. The first-order chi connectivity index (χ1) is 9.20. The molecule has 0 heterocycles. The molecular weight excluding hydrogens is 240 g/mol. The van der Waals surface area contributed by atoms with Gasteiger partial charge in [-0.2, -0.15) is 0 Å². The average Bonchev–Trinajstić information content (AvgIpc) is 2.47. The molecule has 2 aromatic carbocycles. The summed E-state index contributed by atoms with van der Waals surface area (Å²) in [5, 5.41) is 5.30. The van der Waals surface area contributed by atoms with Crippen LogP contribution in [0.1, 0.15) is 20.7 Å². The van der Waals surface area contributed by atoms with Gasteiger partial charge < -0.3 is 10.6 Å². The first kappa shape index (κ1) is 12.8. The Balaban J connectivity index is 2.18. The summed E-state index contributed by atoms with van der Waals surface area (Å²) in [6.07, 6.45) is 0. The number of carbonyl (C=O) groups is 2. The van der Waals surface area contributed by atoms with E-state index in [1.54, 1.807) is 43.4 Å². The van der Waals surface area contributed by atoms with Gasteiger partial charge in [0.1, 0.15) is 0 Å². The second-order valence-electron chi connectivity index (χ2n) is 3.98. The van der Waals surface area contributed by atoms with Crippen molar-refractivity contribution in [2.24, 2.45) is 0 Å². The molecule has 0 spiro atoms. The maximum atomic E-state index is 12.0. The van der Waals surface area contributed by atoms with E-state index < -0.39 is 0 Å². The predicted octanol–water partition coefficient (Wildman–Crippen LogP) is 2.30. The third-order valence-electron chi connectivity index (χ3n) is 2.65. The molecule has 0 fully saturated rings. The van der Waals surface area contributed by atoms with Gasteiger partial charge in [-0.1, -0.05) is 24.3 Å². The monoisotopic (exact) mass is 254 g/mol. The summed E-state index contributed by atoms with van der Waals surface area (Å²) in [5.74, 6) is -0.452. The quantitative estimate of drug-likeness (QED) is 0.883. The van der Waals surface area contributed by atoms with Crippen LogP contribution in [0.5, 0.6) is 0 Å². The number of amides is 2. The number of nitrogens with one attached hydrogen (secondary N) is 2. The zero-order chi connectivity index (χ0) is 13.7. The minimum atomic E-state index is -0.239. The highest BCUT2D eigenvalue weighted by molar-refractivity contribution is 6.06. The van der Waals surface area contributed by atoms with Gasteiger partial charge in [-0.3, -0.25) is 9.59 Å². The van der Waals surface area contributed by atoms with E-state index in [9.17, 15) is 9.59 Å². The minimum absolute atomic E-state index is 0.214. The smallest absolute Gasteiger partial charge is 0.255 e. The normalized spacial score (nSPS) is 9.74. The number of anilines is 1. The maximum Gasteiger partial charge on any atom is 0.255 e. The van der Waals surface area contributed by atoms with E-state index in [1.807, 2.05) is 18.2 Å². The summed E-state index contributed by atoms with van der Waals surface area (Å²) in [6, 6.07) is 15.8. The third-order valence-corrected chi connectivity index (χ3v) is 2.65. The highest BCUT2D eigenvalue weighted by atomic mass is 16.2. The van der Waals surface area contributed by atoms with E-state index in [0.717, 1.165) is 5.69 Å². The van der Waals surface area contributed by atoms with Crippen LogP contribution in [-0.2, 0) is 0 Å². The molecule has 2 amide bonds. The summed E-state index contributed by atoms with van der Waals surface area (Å²) in [7, 11) is 1.55. The van der Waals surface area contributed by atoms with Crippen molar-refractivity contribution in [2.45, 2.75) is 0 Å². The van der Waals surface area contributed by atoms with Gasteiger partial charge in [-0.05, 0) is 30.3 Å². The maximum absolute atomic E-state index is 12.0. The number of hydrogen-bond acceptors (Lipinski definition) is 2. The largest absolute Gasteiger partial charge is 0.355 e. The Hall–Kier alpha value is -2.62. The predicted molar refractivity (Wildman–Crippen MR) is 74.2 cm³/mol. The first-order valence-corrected chi connectivity index (χ1v) is 5.89. The summed E-state index contributed by atoms with van der Waals surface area (Å²) in [5.41, 5.74) is 1.63. The molecule has 96 valence electrons. The summed E-state index contributed by atoms with van der Waals surface area (Å²) in [4.78, 5) is 23.5. The van der Waals surface area contributed by atoms with Crippen LogP contribution >= 0.6 is 0 Å². The van der Waals surface area contributed by atoms with Crippen LogP contribution in [0.3, 0.4) is 0 Å². The van der Waals surface area contributed by atoms with Crippen LogP contribution in [0, 0.1) is 0 Å². The molecule has 0 saturated heterocycles.